The lowest BCUT2D eigenvalue weighted by atomic mass is 10.1. The van der Waals surface area contributed by atoms with Crippen molar-refractivity contribution < 1.29 is 36.3 Å². The van der Waals surface area contributed by atoms with Crippen LogP contribution in [0.4, 0.5) is 27.8 Å². The standard InChI is InChI=1S/C24H28F5N5O3S/c1-3-16(24(27,28)29)31-17-11-14(20(25)26)15(12-30-17)19-18(22(35)34-6-4-5-13(34)2)32-21(38-19)23(36)33-7-9-37-10-8-33/h11-13,16,20H,3-10H2,1-2H3,(H,30,31)/t13-,16-/m0/s1. The normalized spacial score (nSPS) is 19.2. The number of hydrogen-bond donors (Lipinski definition) is 1. The van der Waals surface area contributed by atoms with Gasteiger partial charge in [0.15, 0.2) is 5.01 Å². The minimum Gasteiger partial charge on any atom is -0.378 e. The number of pyridine rings is 1. The molecule has 2 atom stereocenters. The first kappa shape index (κ1) is 28.1. The Hall–Kier alpha value is -2.87. The molecule has 208 valence electrons. The summed E-state index contributed by atoms with van der Waals surface area (Å²) in [7, 11) is 0. The molecule has 0 aromatic carbocycles. The van der Waals surface area contributed by atoms with E-state index >= 15 is 0 Å². The first-order valence-corrected chi connectivity index (χ1v) is 13.1. The maximum atomic E-state index is 14.2. The zero-order valence-electron chi connectivity index (χ0n) is 20.9. The van der Waals surface area contributed by atoms with Crippen molar-refractivity contribution in [2.45, 2.75) is 57.8 Å². The maximum Gasteiger partial charge on any atom is 0.408 e. The zero-order chi connectivity index (χ0) is 27.6. The van der Waals surface area contributed by atoms with E-state index < -0.39 is 36.0 Å². The zero-order valence-corrected chi connectivity index (χ0v) is 21.7. The van der Waals surface area contributed by atoms with Crippen molar-refractivity contribution >= 4 is 29.0 Å². The van der Waals surface area contributed by atoms with Crippen LogP contribution in [0.1, 0.15) is 65.4 Å². The number of anilines is 1. The van der Waals surface area contributed by atoms with Gasteiger partial charge < -0.3 is 19.9 Å². The fourth-order valence-corrected chi connectivity index (χ4v) is 5.58. The number of nitrogens with zero attached hydrogens (tertiary/aromatic N) is 4. The molecule has 2 fully saturated rings. The third-order valence-electron chi connectivity index (χ3n) is 6.67. The molecule has 2 saturated heterocycles. The van der Waals surface area contributed by atoms with Crippen LogP contribution in [0.5, 0.6) is 0 Å². The van der Waals surface area contributed by atoms with Gasteiger partial charge in [-0.15, -0.1) is 11.3 Å². The highest BCUT2D eigenvalue weighted by molar-refractivity contribution is 7.17. The van der Waals surface area contributed by atoms with Crippen molar-refractivity contribution in [3.05, 3.63) is 28.5 Å². The number of ether oxygens (including phenoxy) is 1. The van der Waals surface area contributed by atoms with Crippen LogP contribution in [0.25, 0.3) is 10.4 Å². The smallest absolute Gasteiger partial charge is 0.378 e. The topological polar surface area (TPSA) is 87.7 Å². The highest BCUT2D eigenvalue weighted by atomic mass is 32.1. The van der Waals surface area contributed by atoms with Crippen molar-refractivity contribution in [1.82, 2.24) is 19.8 Å². The van der Waals surface area contributed by atoms with Crippen molar-refractivity contribution in [2.24, 2.45) is 0 Å². The summed E-state index contributed by atoms with van der Waals surface area (Å²) in [5.41, 5.74) is -0.914. The molecule has 0 unspecified atom stereocenters. The van der Waals surface area contributed by atoms with Crippen LogP contribution in [0.15, 0.2) is 12.3 Å². The lowest BCUT2D eigenvalue weighted by molar-refractivity contribution is -0.142. The van der Waals surface area contributed by atoms with Crippen LogP contribution in [0.3, 0.4) is 0 Å². The van der Waals surface area contributed by atoms with E-state index in [4.69, 9.17) is 4.74 Å². The van der Waals surface area contributed by atoms with Crippen LogP contribution in [-0.2, 0) is 4.74 Å². The van der Waals surface area contributed by atoms with Crippen LogP contribution in [0, 0.1) is 0 Å². The molecule has 0 saturated carbocycles. The number of thiazole rings is 1. The quantitative estimate of drug-likeness (QED) is 0.480. The molecule has 14 heteroatoms. The lowest BCUT2D eigenvalue weighted by Gasteiger charge is -2.25. The van der Waals surface area contributed by atoms with E-state index in [2.05, 4.69) is 15.3 Å². The fraction of sp³-hybridized carbons (Fsp3) is 0.583. The van der Waals surface area contributed by atoms with Gasteiger partial charge in [-0.05, 0) is 32.3 Å². The third-order valence-corrected chi connectivity index (χ3v) is 7.74. The van der Waals surface area contributed by atoms with Gasteiger partial charge in [0.25, 0.3) is 18.2 Å². The summed E-state index contributed by atoms with van der Waals surface area (Å²) < 4.78 is 73.4. The molecular weight excluding hydrogens is 533 g/mol. The first-order valence-electron chi connectivity index (χ1n) is 12.3. The van der Waals surface area contributed by atoms with Gasteiger partial charge in [0, 0.05) is 43.0 Å². The number of likely N-dealkylation sites (tertiary alicyclic amines) is 1. The number of hydrogen-bond acceptors (Lipinski definition) is 7. The Morgan fingerprint density at radius 2 is 1.92 bits per heavy atom. The van der Waals surface area contributed by atoms with Gasteiger partial charge >= 0.3 is 6.18 Å². The molecule has 1 N–H and O–H groups in total. The number of alkyl halides is 5. The number of amides is 2. The van der Waals surface area contributed by atoms with Crippen molar-refractivity contribution in [1.29, 1.82) is 0 Å². The lowest BCUT2D eigenvalue weighted by Crippen LogP contribution is -2.40. The number of carbonyl (C=O) groups is 2. The highest BCUT2D eigenvalue weighted by Gasteiger charge is 2.39. The van der Waals surface area contributed by atoms with Crippen molar-refractivity contribution in [3.63, 3.8) is 0 Å². The molecule has 4 heterocycles. The Labute approximate surface area is 220 Å². The van der Waals surface area contributed by atoms with Gasteiger partial charge in [-0.2, -0.15) is 13.2 Å². The summed E-state index contributed by atoms with van der Waals surface area (Å²) in [5, 5.41) is 2.13. The van der Waals surface area contributed by atoms with E-state index in [0.29, 0.717) is 32.8 Å². The van der Waals surface area contributed by atoms with E-state index in [-0.39, 0.29) is 39.4 Å². The summed E-state index contributed by atoms with van der Waals surface area (Å²) in [6.07, 6.45) is -5.47. The van der Waals surface area contributed by atoms with Crippen molar-refractivity contribution in [3.8, 4) is 10.4 Å². The Morgan fingerprint density at radius 3 is 2.50 bits per heavy atom. The molecule has 8 nitrogen and oxygen atoms in total. The van der Waals surface area contributed by atoms with Crippen LogP contribution in [-0.4, -0.2) is 82.7 Å². The van der Waals surface area contributed by atoms with Crippen LogP contribution >= 0.6 is 11.3 Å². The summed E-state index contributed by atoms with van der Waals surface area (Å²) in [4.78, 5) is 38.0. The summed E-state index contributed by atoms with van der Waals surface area (Å²) in [5.74, 6) is -1.31. The molecule has 2 aliphatic heterocycles. The van der Waals surface area contributed by atoms with E-state index in [1.807, 2.05) is 6.92 Å². The number of halogens is 5. The largest absolute Gasteiger partial charge is 0.408 e. The van der Waals surface area contributed by atoms with E-state index in [1.54, 1.807) is 4.90 Å². The monoisotopic (exact) mass is 561 g/mol. The second-order valence-electron chi connectivity index (χ2n) is 9.20. The van der Waals surface area contributed by atoms with E-state index in [0.717, 1.165) is 36.4 Å². The van der Waals surface area contributed by atoms with Gasteiger partial charge in [0.05, 0.1) is 18.1 Å². The van der Waals surface area contributed by atoms with E-state index in [9.17, 15) is 31.5 Å². The molecule has 38 heavy (non-hydrogen) atoms. The SMILES string of the molecule is CC[C@H](Nc1cc(C(F)F)c(-c2sc(C(=O)N3CCOCC3)nc2C(=O)N2CCC[C@@H]2C)cn1)C(F)(F)F. The minimum atomic E-state index is -4.60. The summed E-state index contributed by atoms with van der Waals surface area (Å²) in [6, 6.07) is -1.21. The Balaban J connectivity index is 1.77. The predicted molar refractivity (Wildman–Crippen MR) is 131 cm³/mol. The molecule has 2 aliphatic rings. The van der Waals surface area contributed by atoms with E-state index in [1.165, 1.54) is 11.8 Å². The summed E-state index contributed by atoms with van der Waals surface area (Å²) in [6.45, 7) is 4.97. The molecule has 0 radical (unpaired) electrons. The van der Waals surface area contributed by atoms with Gasteiger partial charge in [0.2, 0.25) is 0 Å². The van der Waals surface area contributed by atoms with Crippen molar-refractivity contribution in [2.75, 3.05) is 38.2 Å². The molecule has 4 rings (SSSR count). The summed E-state index contributed by atoms with van der Waals surface area (Å²) >= 11 is 0.798. The second kappa shape index (κ2) is 11.5. The van der Waals surface area contributed by atoms with Gasteiger partial charge in [-0.1, -0.05) is 6.92 Å². The number of morpholine rings is 1. The number of nitrogens with one attached hydrogen (secondary N) is 1. The number of aromatic nitrogens is 2. The molecule has 2 amide bonds. The van der Waals surface area contributed by atoms with Crippen LogP contribution in [0.2, 0.25) is 0 Å². The van der Waals surface area contributed by atoms with Crippen LogP contribution < -0.4 is 5.32 Å². The molecular formula is C24H28F5N5O3S. The predicted octanol–water partition coefficient (Wildman–Crippen LogP) is 4.99. The molecule has 0 spiro atoms. The Morgan fingerprint density at radius 1 is 1.21 bits per heavy atom. The fourth-order valence-electron chi connectivity index (χ4n) is 4.53. The number of rotatable bonds is 7. The molecule has 0 bridgehead atoms. The third kappa shape index (κ3) is 5.90. The second-order valence-corrected chi connectivity index (χ2v) is 10.2. The molecule has 2 aromatic heterocycles. The Bertz CT molecular complexity index is 1170. The molecule has 0 aliphatic carbocycles. The Kier molecular flexibility index (Phi) is 8.50. The minimum absolute atomic E-state index is 0.0305. The van der Waals surface area contributed by atoms with Gasteiger partial charge in [-0.3, -0.25) is 9.59 Å². The average molecular weight is 562 g/mol. The molecule has 2 aromatic rings. The average Bonchev–Trinajstić information content (AvgIpc) is 3.52. The first-order chi connectivity index (χ1) is 18.0. The van der Waals surface area contributed by atoms with Gasteiger partial charge in [0.1, 0.15) is 17.6 Å². The maximum absolute atomic E-state index is 14.2. The highest BCUT2D eigenvalue weighted by Crippen LogP contribution is 2.39. The number of carbonyl (C=O) groups excluding carboxylic acids is 2. The van der Waals surface area contributed by atoms with Gasteiger partial charge in [-0.25, -0.2) is 18.7 Å².